The Balaban J connectivity index is 2.92. The lowest BCUT2D eigenvalue weighted by Crippen LogP contribution is -2.28. The number of furan rings is 1. The van der Waals surface area contributed by atoms with E-state index >= 15 is 0 Å². The first-order valence-electron chi connectivity index (χ1n) is 3.29. The van der Waals surface area contributed by atoms with E-state index in [1.807, 2.05) is 0 Å². The van der Waals surface area contributed by atoms with Gasteiger partial charge in [0.2, 0.25) is 0 Å². The average Bonchev–Trinajstić information content (AvgIpc) is 2.31. The molecule has 1 aromatic rings. The molecule has 1 unspecified atom stereocenters. The van der Waals surface area contributed by atoms with Crippen LogP contribution >= 0.6 is 0 Å². The smallest absolute Gasteiger partial charge is 0.407 e. The van der Waals surface area contributed by atoms with Gasteiger partial charge in [-0.25, -0.2) is 0 Å². The van der Waals surface area contributed by atoms with Crippen molar-refractivity contribution in [1.29, 1.82) is 0 Å². The molecule has 0 radical (unpaired) electrons. The summed E-state index contributed by atoms with van der Waals surface area (Å²) in [5.74, 6) is 0.208. The molecule has 2 nitrogen and oxygen atoms in total. The lowest BCUT2D eigenvalue weighted by Gasteiger charge is -2.14. The van der Waals surface area contributed by atoms with E-state index in [2.05, 4.69) is 0 Å². The van der Waals surface area contributed by atoms with Gasteiger partial charge in [-0.1, -0.05) is 0 Å². The van der Waals surface area contributed by atoms with Crippen LogP contribution in [-0.4, -0.2) is 6.18 Å². The minimum absolute atomic E-state index is 0.0116. The third-order valence-electron chi connectivity index (χ3n) is 1.59. The Hall–Kier alpha value is -0.970. The standard InChI is InChI=1S/C7H8F3NO/c1-4-5(2-3-12-4)6(11)7(8,9)10/h2-3,6H,11H2,1H3. The van der Waals surface area contributed by atoms with Crippen molar-refractivity contribution in [2.75, 3.05) is 0 Å². The molecule has 1 heterocycles. The molecule has 0 aliphatic rings. The number of aryl methyl sites for hydroxylation is 1. The number of hydrogen-bond acceptors (Lipinski definition) is 2. The molecule has 0 amide bonds. The van der Waals surface area contributed by atoms with Crippen LogP contribution in [0.25, 0.3) is 0 Å². The number of halogens is 3. The lowest BCUT2D eigenvalue weighted by atomic mass is 10.1. The van der Waals surface area contributed by atoms with Crippen molar-refractivity contribution >= 4 is 0 Å². The Morgan fingerprint density at radius 3 is 2.42 bits per heavy atom. The van der Waals surface area contributed by atoms with Gasteiger partial charge in [-0.3, -0.25) is 0 Å². The summed E-state index contributed by atoms with van der Waals surface area (Å²) in [6.07, 6.45) is -3.22. The van der Waals surface area contributed by atoms with Crippen LogP contribution in [-0.2, 0) is 0 Å². The van der Waals surface area contributed by atoms with E-state index in [1.165, 1.54) is 19.3 Å². The number of hydrogen-bond donors (Lipinski definition) is 1. The molecule has 0 saturated carbocycles. The van der Waals surface area contributed by atoms with Gasteiger partial charge in [0.05, 0.1) is 6.26 Å². The van der Waals surface area contributed by atoms with Gasteiger partial charge in [0, 0.05) is 5.56 Å². The largest absolute Gasteiger partial charge is 0.469 e. The fourth-order valence-corrected chi connectivity index (χ4v) is 0.894. The van der Waals surface area contributed by atoms with Crippen molar-refractivity contribution in [1.82, 2.24) is 0 Å². The Labute approximate surface area is 67.2 Å². The van der Waals surface area contributed by atoms with E-state index in [0.717, 1.165) is 0 Å². The molecule has 0 saturated heterocycles. The summed E-state index contributed by atoms with van der Waals surface area (Å²) in [6, 6.07) is -0.718. The second-order valence-corrected chi connectivity index (χ2v) is 2.45. The maximum atomic E-state index is 12.0. The number of alkyl halides is 3. The summed E-state index contributed by atoms with van der Waals surface area (Å²) >= 11 is 0. The predicted molar refractivity (Wildman–Crippen MR) is 36.4 cm³/mol. The fourth-order valence-electron chi connectivity index (χ4n) is 0.894. The molecule has 0 aliphatic carbocycles. The van der Waals surface area contributed by atoms with Gasteiger partial charge < -0.3 is 10.2 Å². The topological polar surface area (TPSA) is 39.2 Å². The fraction of sp³-hybridized carbons (Fsp3) is 0.429. The Bertz CT molecular complexity index is 266. The zero-order valence-electron chi connectivity index (χ0n) is 6.35. The van der Waals surface area contributed by atoms with E-state index < -0.39 is 12.2 Å². The monoisotopic (exact) mass is 179 g/mol. The molecule has 1 aromatic heterocycles. The van der Waals surface area contributed by atoms with Gasteiger partial charge in [0.25, 0.3) is 0 Å². The SMILES string of the molecule is Cc1occc1C(N)C(F)(F)F. The van der Waals surface area contributed by atoms with Gasteiger partial charge in [0.1, 0.15) is 11.8 Å². The molecule has 0 aromatic carbocycles. The molecule has 2 N–H and O–H groups in total. The second kappa shape index (κ2) is 2.82. The molecule has 1 atom stereocenters. The van der Waals surface area contributed by atoms with Crippen molar-refractivity contribution in [3.63, 3.8) is 0 Å². The van der Waals surface area contributed by atoms with Crippen LogP contribution in [0.15, 0.2) is 16.7 Å². The van der Waals surface area contributed by atoms with Crippen molar-refractivity contribution in [2.24, 2.45) is 5.73 Å². The van der Waals surface area contributed by atoms with Crippen molar-refractivity contribution in [2.45, 2.75) is 19.1 Å². The lowest BCUT2D eigenvalue weighted by molar-refractivity contribution is -0.149. The van der Waals surface area contributed by atoms with Gasteiger partial charge in [-0.2, -0.15) is 13.2 Å². The van der Waals surface area contributed by atoms with Crippen LogP contribution in [0, 0.1) is 6.92 Å². The second-order valence-electron chi connectivity index (χ2n) is 2.45. The summed E-state index contributed by atoms with van der Waals surface area (Å²) < 4.78 is 40.8. The molecular formula is C7H8F3NO. The third kappa shape index (κ3) is 1.61. The van der Waals surface area contributed by atoms with Crippen molar-refractivity contribution < 1.29 is 17.6 Å². The highest BCUT2D eigenvalue weighted by atomic mass is 19.4. The Morgan fingerprint density at radius 2 is 2.08 bits per heavy atom. The van der Waals surface area contributed by atoms with Crippen LogP contribution < -0.4 is 5.73 Å². The predicted octanol–water partition coefficient (Wildman–Crippen LogP) is 2.15. The van der Waals surface area contributed by atoms with Gasteiger partial charge in [0.15, 0.2) is 0 Å². The van der Waals surface area contributed by atoms with Crippen LogP contribution in [0.2, 0.25) is 0 Å². The molecule has 0 fully saturated rings. The highest BCUT2D eigenvalue weighted by Crippen LogP contribution is 2.32. The van der Waals surface area contributed by atoms with Gasteiger partial charge in [-0.05, 0) is 13.0 Å². The summed E-state index contributed by atoms with van der Waals surface area (Å²) in [4.78, 5) is 0. The summed E-state index contributed by atoms with van der Waals surface area (Å²) in [5.41, 5.74) is 4.92. The summed E-state index contributed by atoms with van der Waals surface area (Å²) in [6.45, 7) is 1.45. The molecule has 1 rings (SSSR count). The van der Waals surface area contributed by atoms with Gasteiger partial charge >= 0.3 is 6.18 Å². The van der Waals surface area contributed by atoms with Crippen LogP contribution in [0.5, 0.6) is 0 Å². The van der Waals surface area contributed by atoms with Crippen LogP contribution in [0.4, 0.5) is 13.2 Å². The molecule has 68 valence electrons. The van der Waals surface area contributed by atoms with E-state index in [1.54, 1.807) is 0 Å². The maximum absolute atomic E-state index is 12.0. The zero-order chi connectivity index (χ0) is 9.35. The molecule has 0 aliphatic heterocycles. The molecule has 0 spiro atoms. The zero-order valence-corrected chi connectivity index (χ0v) is 6.35. The van der Waals surface area contributed by atoms with E-state index in [0.29, 0.717) is 0 Å². The molecule has 5 heteroatoms. The normalized spacial score (nSPS) is 14.8. The van der Waals surface area contributed by atoms with Crippen LogP contribution in [0.3, 0.4) is 0 Å². The van der Waals surface area contributed by atoms with Gasteiger partial charge in [-0.15, -0.1) is 0 Å². The number of rotatable bonds is 1. The molecule has 12 heavy (non-hydrogen) atoms. The minimum Gasteiger partial charge on any atom is -0.469 e. The van der Waals surface area contributed by atoms with Crippen molar-refractivity contribution in [3.8, 4) is 0 Å². The quantitative estimate of drug-likeness (QED) is 0.717. The Kier molecular flexibility index (Phi) is 2.14. The molecule has 0 bridgehead atoms. The minimum atomic E-state index is -4.41. The van der Waals surface area contributed by atoms with E-state index in [-0.39, 0.29) is 11.3 Å². The highest BCUT2D eigenvalue weighted by molar-refractivity contribution is 5.21. The number of nitrogens with two attached hydrogens (primary N) is 1. The highest BCUT2D eigenvalue weighted by Gasteiger charge is 2.39. The first-order valence-corrected chi connectivity index (χ1v) is 3.29. The average molecular weight is 179 g/mol. The van der Waals surface area contributed by atoms with Crippen LogP contribution in [0.1, 0.15) is 17.4 Å². The first-order chi connectivity index (χ1) is 5.43. The van der Waals surface area contributed by atoms with E-state index in [9.17, 15) is 13.2 Å². The first kappa shape index (κ1) is 9.12. The summed E-state index contributed by atoms with van der Waals surface area (Å²) in [5, 5.41) is 0. The maximum Gasteiger partial charge on any atom is 0.407 e. The van der Waals surface area contributed by atoms with Crippen molar-refractivity contribution in [3.05, 3.63) is 23.7 Å². The third-order valence-corrected chi connectivity index (χ3v) is 1.59. The molecular weight excluding hydrogens is 171 g/mol. The Morgan fingerprint density at radius 1 is 1.50 bits per heavy atom. The summed E-state index contributed by atoms with van der Waals surface area (Å²) in [7, 11) is 0. The van der Waals surface area contributed by atoms with E-state index in [4.69, 9.17) is 10.2 Å².